The largest absolute Gasteiger partial charge is 0.382 e. The third-order valence-corrected chi connectivity index (χ3v) is 4.55. The van der Waals surface area contributed by atoms with Gasteiger partial charge in [-0.3, -0.25) is 4.90 Å². The van der Waals surface area contributed by atoms with Gasteiger partial charge in [-0.15, -0.1) is 10.2 Å². The molecule has 3 rings (SSSR count). The minimum absolute atomic E-state index is 0.253. The molecule has 2 heterocycles. The Morgan fingerprint density at radius 3 is 2.75 bits per heavy atom. The van der Waals surface area contributed by atoms with Crippen molar-refractivity contribution >= 4 is 35.0 Å². The predicted octanol–water partition coefficient (Wildman–Crippen LogP) is 2.17. The number of rotatable bonds is 5. The molecule has 0 saturated carbocycles. The summed E-state index contributed by atoms with van der Waals surface area (Å²) in [5.41, 5.74) is 7.03. The Hall–Kier alpha value is -1.67. The van der Waals surface area contributed by atoms with Crippen LogP contribution in [0.1, 0.15) is 0 Å². The van der Waals surface area contributed by atoms with E-state index < -0.39 is 0 Å². The molecule has 0 radical (unpaired) electrons. The van der Waals surface area contributed by atoms with Crippen molar-refractivity contribution < 1.29 is 4.74 Å². The molecule has 1 aromatic heterocycles. The predicted molar refractivity (Wildman–Crippen MR) is 95.4 cm³/mol. The van der Waals surface area contributed by atoms with Gasteiger partial charge in [-0.2, -0.15) is 4.98 Å². The van der Waals surface area contributed by atoms with E-state index in [1.54, 1.807) is 18.2 Å². The van der Waals surface area contributed by atoms with Crippen LogP contribution in [0, 0.1) is 0 Å². The van der Waals surface area contributed by atoms with Gasteiger partial charge in [0.15, 0.2) is 5.82 Å². The molecule has 1 aliphatic rings. The van der Waals surface area contributed by atoms with E-state index >= 15 is 0 Å². The number of hydrogen-bond donors (Lipinski definition) is 2. The van der Waals surface area contributed by atoms with Gasteiger partial charge in [0.2, 0.25) is 5.95 Å². The normalized spacial score (nSPS) is 15.4. The van der Waals surface area contributed by atoms with Gasteiger partial charge in [-0.1, -0.05) is 35.3 Å². The summed E-state index contributed by atoms with van der Waals surface area (Å²) in [6, 6.07) is 5.26. The standard InChI is InChI=1S/C15H18Cl2N6O/c16-11-3-1-2-10(12(11)17)13-14(18)20-15(22-21-13)19-4-5-23-6-8-24-9-7-23/h1-3H,4-9H2,(H3,18,19,20,22). The van der Waals surface area contributed by atoms with Crippen molar-refractivity contribution in [2.45, 2.75) is 0 Å². The molecular formula is C15H18Cl2N6O. The number of hydrogen-bond acceptors (Lipinski definition) is 7. The highest BCUT2D eigenvalue weighted by molar-refractivity contribution is 6.43. The Morgan fingerprint density at radius 2 is 2.00 bits per heavy atom. The number of aromatic nitrogens is 3. The lowest BCUT2D eigenvalue weighted by molar-refractivity contribution is 0.0398. The van der Waals surface area contributed by atoms with Gasteiger partial charge in [-0.25, -0.2) is 0 Å². The van der Waals surface area contributed by atoms with Gasteiger partial charge in [0.05, 0.1) is 23.3 Å². The Bertz CT molecular complexity index is 708. The summed E-state index contributed by atoms with van der Waals surface area (Å²) in [5, 5.41) is 12.2. The molecule has 1 fully saturated rings. The Labute approximate surface area is 150 Å². The van der Waals surface area contributed by atoms with Gasteiger partial charge in [-0.05, 0) is 6.07 Å². The van der Waals surface area contributed by atoms with Crippen LogP contribution in [0.2, 0.25) is 10.0 Å². The number of ether oxygens (including phenoxy) is 1. The average Bonchev–Trinajstić information content (AvgIpc) is 2.59. The van der Waals surface area contributed by atoms with Gasteiger partial charge >= 0.3 is 0 Å². The van der Waals surface area contributed by atoms with Gasteiger partial charge in [0.25, 0.3) is 0 Å². The van der Waals surface area contributed by atoms with Crippen LogP contribution in [0.25, 0.3) is 11.3 Å². The first-order valence-electron chi connectivity index (χ1n) is 7.63. The minimum atomic E-state index is 0.253. The van der Waals surface area contributed by atoms with Crippen molar-refractivity contribution in [3.63, 3.8) is 0 Å². The fourth-order valence-corrected chi connectivity index (χ4v) is 2.83. The van der Waals surface area contributed by atoms with E-state index in [0.29, 0.717) is 33.8 Å². The van der Waals surface area contributed by atoms with Gasteiger partial charge in [0, 0.05) is 31.7 Å². The van der Waals surface area contributed by atoms with E-state index in [-0.39, 0.29) is 5.82 Å². The van der Waals surface area contributed by atoms with E-state index in [0.717, 1.165) is 32.8 Å². The molecule has 2 aromatic rings. The van der Waals surface area contributed by atoms with Crippen LogP contribution >= 0.6 is 23.2 Å². The first-order chi connectivity index (χ1) is 11.6. The third-order valence-electron chi connectivity index (χ3n) is 3.74. The lowest BCUT2D eigenvalue weighted by Gasteiger charge is -2.26. The average molecular weight is 369 g/mol. The van der Waals surface area contributed by atoms with Crippen LogP contribution in [-0.2, 0) is 4.74 Å². The molecule has 1 saturated heterocycles. The molecule has 3 N–H and O–H groups in total. The lowest BCUT2D eigenvalue weighted by Crippen LogP contribution is -2.39. The van der Waals surface area contributed by atoms with E-state index in [4.69, 9.17) is 33.7 Å². The summed E-state index contributed by atoms with van der Waals surface area (Å²) in [6.45, 7) is 5.03. The maximum absolute atomic E-state index is 6.19. The summed E-state index contributed by atoms with van der Waals surface area (Å²) in [4.78, 5) is 6.56. The number of morpholine rings is 1. The molecule has 0 spiro atoms. The summed E-state index contributed by atoms with van der Waals surface area (Å²) in [7, 11) is 0. The van der Waals surface area contributed by atoms with Gasteiger partial charge in [0.1, 0.15) is 5.69 Å². The zero-order valence-electron chi connectivity index (χ0n) is 13.0. The highest BCUT2D eigenvalue weighted by Crippen LogP contribution is 2.34. The molecule has 1 aliphatic heterocycles. The lowest BCUT2D eigenvalue weighted by atomic mass is 10.1. The van der Waals surface area contributed by atoms with Crippen LogP contribution < -0.4 is 11.1 Å². The van der Waals surface area contributed by atoms with Crippen LogP contribution in [0.4, 0.5) is 11.8 Å². The van der Waals surface area contributed by atoms with Crippen molar-refractivity contribution in [2.75, 3.05) is 50.4 Å². The van der Waals surface area contributed by atoms with Crippen LogP contribution in [0.3, 0.4) is 0 Å². The molecular weight excluding hydrogens is 351 g/mol. The number of anilines is 2. The third kappa shape index (κ3) is 4.05. The molecule has 0 atom stereocenters. The Balaban J connectivity index is 1.65. The zero-order valence-corrected chi connectivity index (χ0v) is 14.5. The van der Waals surface area contributed by atoms with Crippen LogP contribution in [-0.4, -0.2) is 59.5 Å². The molecule has 128 valence electrons. The number of nitrogens with two attached hydrogens (primary N) is 1. The molecule has 0 bridgehead atoms. The molecule has 0 amide bonds. The summed E-state index contributed by atoms with van der Waals surface area (Å²) in [6.07, 6.45) is 0. The topological polar surface area (TPSA) is 89.2 Å². The monoisotopic (exact) mass is 368 g/mol. The van der Waals surface area contributed by atoms with E-state index in [1.165, 1.54) is 0 Å². The number of halogens is 2. The molecule has 24 heavy (non-hydrogen) atoms. The first-order valence-corrected chi connectivity index (χ1v) is 8.39. The van der Waals surface area contributed by atoms with E-state index in [9.17, 15) is 0 Å². The number of nitrogens with one attached hydrogen (secondary N) is 1. The Kier molecular flexibility index (Phi) is 5.68. The van der Waals surface area contributed by atoms with Crippen molar-refractivity contribution in [1.29, 1.82) is 0 Å². The minimum Gasteiger partial charge on any atom is -0.382 e. The summed E-state index contributed by atoms with van der Waals surface area (Å²) >= 11 is 12.2. The van der Waals surface area contributed by atoms with E-state index in [1.807, 2.05) is 0 Å². The summed E-state index contributed by atoms with van der Waals surface area (Å²) in [5.74, 6) is 0.644. The maximum atomic E-state index is 6.19. The number of nitrogens with zero attached hydrogens (tertiary/aromatic N) is 4. The molecule has 9 heteroatoms. The highest BCUT2D eigenvalue weighted by Gasteiger charge is 2.14. The highest BCUT2D eigenvalue weighted by atomic mass is 35.5. The fraction of sp³-hybridized carbons (Fsp3) is 0.400. The van der Waals surface area contributed by atoms with Crippen LogP contribution in [0.5, 0.6) is 0 Å². The first kappa shape index (κ1) is 17.2. The maximum Gasteiger partial charge on any atom is 0.244 e. The van der Waals surface area contributed by atoms with Gasteiger partial charge < -0.3 is 15.8 Å². The molecule has 1 aromatic carbocycles. The number of nitrogen functional groups attached to an aromatic ring is 1. The second kappa shape index (κ2) is 7.94. The van der Waals surface area contributed by atoms with Crippen molar-refractivity contribution in [1.82, 2.24) is 20.1 Å². The summed E-state index contributed by atoms with van der Waals surface area (Å²) < 4.78 is 5.32. The molecule has 0 aliphatic carbocycles. The SMILES string of the molecule is Nc1nc(NCCN2CCOCC2)nnc1-c1cccc(Cl)c1Cl. The van der Waals surface area contributed by atoms with Crippen molar-refractivity contribution in [2.24, 2.45) is 0 Å². The second-order valence-corrected chi connectivity index (χ2v) is 6.14. The molecule has 7 nitrogen and oxygen atoms in total. The smallest absolute Gasteiger partial charge is 0.244 e. The molecule has 0 unspecified atom stereocenters. The quantitative estimate of drug-likeness (QED) is 0.835. The van der Waals surface area contributed by atoms with E-state index in [2.05, 4.69) is 25.4 Å². The zero-order chi connectivity index (χ0) is 16.9. The van der Waals surface area contributed by atoms with Crippen molar-refractivity contribution in [3.8, 4) is 11.3 Å². The van der Waals surface area contributed by atoms with Crippen molar-refractivity contribution in [3.05, 3.63) is 28.2 Å². The fourth-order valence-electron chi connectivity index (χ4n) is 2.44. The second-order valence-electron chi connectivity index (χ2n) is 5.35. The number of benzene rings is 1. The van der Waals surface area contributed by atoms with Crippen LogP contribution in [0.15, 0.2) is 18.2 Å². The Morgan fingerprint density at radius 1 is 1.21 bits per heavy atom.